The summed E-state index contributed by atoms with van der Waals surface area (Å²) in [6.07, 6.45) is 2.52. The highest BCUT2D eigenvalue weighted by Gasteiger charge is 2.16. The first-order chi connectivity index (χ1) is 9.56. The standard InChI is InChI=1S/C15H20BrClN2O/c1-11-4-7-19(8-5-11)9-6-18-15(20)13-10-12(17)2-3-14(13)16/h2-3,10-11H,4-9H2,1H3,(H,18,20). The highest BCUT2D eigenvalue weighted by atomic mass is 79.9. The minimum atomic E-state index is -0.0789. The van der Waals surface area contributed by atoms with Gasteiger partial charge in [-0.25, -0.2) is 0 Å². The van der Waals surface area contributed by atoms with Crippen LogP contribution < -0.4 is 5.32 Å². The lowest BCUT2D eigenvalue weighted by Gasteiger charge is -2.30. The van der Waals surface area contributed by atoms with Crippen LogP contribution in [-0.4, -0.2) is 37.0 Å². The zero-order valence-corrected chi connectivity index (χ0v) is 14.0. The molecule has 0 atom stereocenters. The monoisotopic (exact) mass is 358 g/mol. The van der Waals surface area contributed by atoms with E-state index in [1.165, 1.54) is 12.8 Å². The lowest BCUT2D eigenvalue weighted by molar-refractivity contribution is 0.0943. The lowest BCUT2D eigenvalue weighted by Crippen LogP contribution is -2.39. The van der Waals surface area contributed by atoms with Gasteiger partial charge in [0.2, 0.25) is 0 Å². The van der Waals surface area contributed by atoms with Crippen molar-refractivity contribution in [2.24, 2.45) is 5.92 Å². The second kappa shape index (κ2) is 7.43. The van der Waals surface area contributed by atoms with Crippen molar-refractivity contribution >= 4 is 33.4 Å². The van der Waals surface area contributed by atoms with Crippen molar-refractivity contribution in [1.82, 2.24) is 10.2 Å². The van der Waals surface area contributed by atoms with Gasteiger partial charge in [-0.1, -0.05) is 18.5 Å². The van der Waals surface area contributed by atoms with Crippen LogP contribution in [0.25, 0.3) is 0 Å². The first-order valence-corrected chi connectivity index (χ1v) is 8.19. The number of nitrogens with zero attached hydrogens (tertiary/aromatic N) is 1. The number of rotatable bonds is 4. The highest BCUT2D eigenvalue weighted by Crippen LogP contribution is 2.21. The largest absolute Gasteiger partial charge is 0.351 e. The molecule has 20 heavy (non-hydrogen) atoms. The molecule has 1 aromatic carbocycles. The smallest absolute Gasteiger partial charge is 0.252 e. The maximum Gasteiger partial charge on any atom is 0.252 e. The van der Waals surface area contributed by atoms with Gasteiger partial charge in [0, 0.05) is 22.6 Å². The van der Waals surface area contributed by atoms with Crippen LogP contribution in [0.4, 0.5) is 0 Å². The minimum Gasteiger partial charge on any atom is -0.351 e. The molecule has 0 radical (unpaired) electrons. The number of benzene rings is 1. The number of carbonyl (C=O) groups is 1. The molecule has 0 aromatic heterocycles. The molecule has 0 saturated carbocycles. The number of amides is 1. The molecule has 3 nitrogen and oxygen atoms in total. The Kier molecular flexibility index (Phi) is 5.87. The van der Waals surface area contributed by atoms with Crippen molar-refractivity contribution in [3.05, 3.63) is 33.3 Å². The summed E-state index contributed by atoms with van der Waals surface area (Å²) >= 11 is 9.30. The first-order valence-electron chi connectivity index (χ1n) is 7.02. The molecular weight excluding hydrogens is 340 g/mol. The van der Waals surface area contributed by atoms with E-state index in [0.717, 1.165) is 30.0 Å². The molecule has 2 rings (SSSR count). The first kappa shape index (κ1) is 15.8. The van der Waals surface area contributed by atoms with Gasteiger partial charge in [-0.05, 0) is 66.0 Å². The van der Waals surface area contributed by atoms with Crippen LogP contribution in [0.5, 0.6) is 0 Å². The van der Waals surface area contributed by atoms with Crippen molar-refractivity contribution in [2.45, 2.75) is 19.8 Å². The van der Waals surface area contributed by atoms with Gasteiger partial charge in [0.1, 0.15) is 0 Å². The normalized spacial score (nSPS) is 17.1. The van der Waals surface area contributed by atoms with E-state index in [0.29, 0.717) is 17.1 Å². The molecule has 1 aliphatic rings. The summed E-state index contributed by atoms with van der Waals surface area (Å²) in [5, 5.41) is 3.53. The lowest BCUT2D eigenvalue weighted by atomic mass is 9.99. The Morgan fingerprint density at radius 3 is 2.85 bits per heavy atom. The highest BCUT2D eigenvalue weighted by molar-refractivity contribution is 9.10. The molecule has 110 valence electrons. The van der Waals surface area contributed by atoms with E-state index in [2.05, 4.69) is 33.1 Å². The van der Waals surface area contributed by atoms with E-state index in [1.807, 2.05) is 0 Å². The van der Waals surface area contributed by atoms with Gasteiger partial charge in [0.05, 0.1) is 5.56 Å². The van der Waals surface area contributed by atoms with Crippen molar-refractivity contribution in [2.75, 3.05) is 26.2 Å². The summed E-state index contributed by atoms with van der Waals surface area (Å²) in [6, 6.07) is 5.24. The number of likely N-dealkylation sites (tertiary alicyclic amines) is 1. The summed E-state index contributed by atoms with van der Waals surface area (Å²) < 4.78 is 0.770. The maximum absolute atomic E-state index is 12.1. The molecule has 0 aliphatic carbocycles. The second-order valence-corrected chi connectivity index (χ2v) is 6.70. The summed E-state index contributed by atoms with van der Waals surface area (Å²) in [7, 11) is 0. The second-order valence-electron chi connectivity index (χ2n) is 5.40. The average molecular weight is 360 g/mol. The number of piperidine rings is 1. The summed E-state index contributed by atoms with van der Waals surface area (Å²) in [5.41, 5.74) is 0.588. The third-order valence-electron chi connectivity index (χ3n) is 3.76. The SMILES string of the molecule is CC1CCN(CCNC(=O)c2cc(Cl)ccc2Br)CC1. The fourth-order valence-electron chi connectivity index (χ4n) is 2.38. The van der Waals surface area contributed by atoms with Gasteiger partial charge in [0.15, 0.2) is 0 Å². The average Bonchev–Trinajstić information content (AvgIpc) is 2.43. The van der Waals surface area contributed by atoms with Crippen LogP contribution in [0.15, 0.2) is 22.7 Å². The van der Waals surface area contributed by atoms with Gasteiger partial charge in [0.25, 0.3) is 5.91 Å². The molecule has 1 fully saturated rings. The molecule has 0 spiro atoms. The summed E-state index contributed by atoms with van der Waals surface area (Å²) in [4.78, 5) is 14.5. The van der Waals surface area contributed by atoms with Crippen LogP contribution >= 0.6 is 27.5 Å². The predicted molar refractivity (Wildman–Crippen MR) is 86.3 cm³/mol. The van der Waals surface area contributed by atoms with Gasteiger partial charge in [-0.2, -0.15) is 0 Å². The van der Waals surface area contributed by atoms with Crippen molar-refractivity contribution in [3.63, 3.8) is 0 Å². The molecule has 0 bridgehead atoms. The van der Waals surface area contributed by atoms with E-state index in [-0.39, 0.29) is 5.91 Å². The molecular formula is C15H20BrClN2O. The molecule has 1 heterocycles. The van der Waals surface area contributed by atoms with Crippen LogP contribution in [0.3, 0.4) is 0 Å². The Hall–Kier alpha value is -0.580. The molecule has 1 N–H and O–H groups in total. The summed E-state index contributed by atoms with van der Waals surface area (Å²) in [5.74, 6) is 0.757. The van der Waals surface area contributed by atoms with E-state index < -0.39 is 0 Å². The molecule has 1 aliphatic heterocycles. The summed E-state index contributed by atoms with van der Waals surface area (Å²) in [6.45, 7) is 6.16. The van der Waals surface area contributed by atoms with E-state index in [1.54, 1.807) is 18.2 Å². The number of hydrogen-bond donors (Lipinski definition) is 1. The van der Waals surface area contributed by atoms with Gasteiger partial charge in [-0.15, -0.1) is 0 Å². The zero-order valence-electron chi connectivity index (χ0n) is 11.7. The van der Waals surface area contributed by atoms with Gasteiger partial charge < -0.3 is 10.2 Å². The fourth-order valence-corrected chi connectivity index (χ4v) is 2.98. The number of hydrogen-bond acceptors (Lipinski definition) is 2. The Bertz CT molecular complexity index is 473. The Morgan fingerprint density at radius 2 is 2.15 bits per heavy atom. The molecule has 1 amide bonds. The van der Waals surface area contributed by atoms with Gasteiger partial charge >= 0.3 is 0 Å². The quantitative estimate of drug-likeness (QED) is 0.891. The maximum atomic E-state index is 12.1. The van der Waals surface area contributed by atoms with Gasteiger partial charge in [-0.3, -0.25) is 4.79 Å². The van der Waals surface area contributed by atoms with E-state index in [9.17, 15) is 4.79 Å². The van der Waals surface area contributed by atoms with Crippen LogP contribution in [-0.2, 0) is 0 Å². The van der Waals surface area contributed by atoms with Crippen LogP contribution in [0.1, 0.15) is 30.1 Å². The topological polar surface area (TPSA) is 32.3 Å². The van der Waals surface area contributed by atoms with E-state index >= 15 is 0 Å². The number of nitrogens with one attached hydrogen (secondary N) is 1. The zero-order chi connectivity index (χ0) is 14.5. The minimum absolute atomic E-state index is 0.0789. The number of halogens is 2. The third-order valence-corrected chi connectivity index (χ3v) is 4.69. The Labute approximate surface area is 133 Å². The van der Waals surface area contributed by atoms with E-state index in [4.69, 9.17) is 11.6 Å². The Morgan fingerprint density at radius 1 is 1.45 bits per heavy atom. The van der Waals surface area contributed by atoms with Crippen molar-refractivity contribution in [3.8, 4) is 0 Å². The van der Waals surface area contributed by atoms with Crippen LogP contribution in [0, 0.1) is 5.92 Å². The van der Waals surface area contributed by atoms with Crippen LogP contribution in [0.2, 0.25) is 5.02 Å². The number of carbonyl (C=O) groups excluding carboxylic acids is 1. The molecule has 0 unspecified atom stereocenters. The van der Waals surface area contributed by atoms with Crippen molar-refractivity contribution in [1.29, 1.82) is 0 Å². The van der Waals surface area contributed by atoms with Crippen molar-refractivity contribution < 1.29 is 4.79 Å². The third kappa shape index (κ3) is 4.47. The molecule has 1 saturated heterocycles. The predicted octanol–water partition coefficient (Wildman–Crippen LogP) is 3.56. The fraction of sp³-hybridized carbons (Fsp3) is 0.533. The molecule has 5 heteroatoms. The Balaban J connectivity index is 1.79. The molecule has 1 aromatic rings.